The first-order chi connectivity index (χ1) is 10.6. The SMILES string of the molecule is COC(C)CCOC(=O)c1cncn1C(C)c1ccccc1. The Morgan fingerprint density at radius 1 is 1.27 bits per heavy atom. The number of benzene rings is 1. The highest BCUT2D eigenvalue weighted by atomic mass is 16.5. The van der Waals surface area contributed by atoms with Gasteiger partial charge in [0.1, 0.15) is 5.69 Å². The molecule has 2 aromatic rings. The minimum Gasteiger partial charge on any atom is -0.461 e. The van der Waals surface area contributed by atoms with Crippen molar-refractivity contribution in [3.05, 3.63) is 54.1 Å². The van der Waals surface area contributed by atoms with Gasteiger partial charge in [-0.2, -0.15) is 0 Å². The largest absolute Gasteiger partial charge is 0.461 e. The molecule has 1 aromatic heterocycles. The molecule has 0 amide bonds. The highest BCUT2D eigenvalue weighted by molar-refractivity contribution is 5.87. The summed E-state index contributed by atoms with van der Waals surface area (Å²) in [4.78, 5) is 16.3. The number of nitrogens with zero attached hydrogens (tertiary/aromatic N) is 2. The second-order valence-electron chi connectivity index (χ2n) is 5.24. The predicted octanol–water partition coefficient (Wildman–Crippen LogP) is 3.07. The number of aromatic nitrogens is 2. The Bertz CT molecular complexity index is 595. The molecule has 2 rings (SSSR count). The van der Waals surface area contributed by atoms with Crippen molar-refractivity contribution in [3.63, 3.8) is 0 Å². The lowest BCUT2D eigenvalue weighted by atomic mass is 10.1. The molecule has 5 heteroatoms. The monoisotopic (exact) mass is 302 g/mol. The third-order valence-corrected chi connectivity index (χ3v) is 3.73. The van der Waals surface area contributed by atoms with Gasteiger partial charge >= 0.3 is 5.97 Å². The molecule has 1 aromatic carbocycles. The number of carbonyl (C=O) groups excluding carboxylic acids is 1. The first kappa shape index (κ1) is 16.2. The second kappa shape index (κ2) is 7.75. The van der Waals surface area contributed by atoms with Crippen LogP contribution < -0.4 is 0 Å². The van der Waals surface area contributed by atoms with Gasteiger partial charge in [-0.3, -0.25) is 0 Å². The van der Waals surface area contributed by atoms with Crippen LogP contribution in [0.2, 0.25) is 0 Å². The number of imidazole rings is 1. The van der Waals surface area contributed by atoms with Gasteiger partial charge < -0.3 is 14.0 Å². The summed E-state index contributed by atoms with van der Waals surface area (Å²) in [5, 5.41) is 0. The first-order valence-electron chi connectivity index (χ1n) is 7.40. The summed E-state index contributed by atoms with van der Waals surface area (Å²) in [7, 11) is 1.64. The van der Waals surface area contributed by atoms with E-state index in [9.17, 15) is 4.79 Å². The molecular formula is C17H22N2O3. The summed E-state index contributed by atoms with van der Waals surface area (Å²) >= 11 is 0. The maximum atomic E-state index is 12.2. The van der Waals surface area contributed by atoms with Gasteiger partial charge in [0, 0.05) is 13.5 Å². The lowest BCUT2D eigenvalue weighted by molar-refractivity contribution is 0.0379. The summed E-state index contributed by atoms with van der Waals surface area (Å²) in [5.41, 5.74) is 1.57. The van der Waals surface area contributed by atoms with E-state index in [2.05, 4.69) is 4.98 Å². The van der Waals surface area contributed by atoms with Gasteiger partial charge in [-0.15, -0.1) is 0 Å². The molecule has 2 atom stereocenters. The van der Waals surface area contributed by atoms with Crippen molar-refractivity contribution in [3.8, 4) is 0 Å². The maximum Gasteiger partial charge on any atom is 0.356 e. The molecule has 0 aliphatic carbocycles. The average molecular weight is 302 g/mol. The zero-order chi connectivity index (χ0) is 15.9. The lowest BCUT2D eigenvalue weighted by Crippen LogP contribution is -2.17. The molecule has 0 aliphatic rings. The molecule has 0 saturated heterocycles. The van der Waals surface area contributed by atoms with E-state index in [0.29, 0.717) is 18.7 Å². The Labute approximate surface area is 130 Å². The number of ether oxygens (including phenoxy) is 2. The smallest absolute Gasteiger partial charge is 0.356 e. The standard InChI is InChI=1S/C17H22N2O3/c1-13(21-3)9-10-22-17(20)16-11-18-12-19(16)14(2)15-7-5-4-6-8-15/h4-8,11-14H,9-10H2,1-3H3. The molecule has 118 valence electrons. The van der Waals surface area contributed by atoms with Gasteiger partial charge in [-0.1, -0.05) is 30.3 Å². The lowest BCUT2D eigenvalue weighted by Gasteiger charge is -2.16. The molecule has 22 heavy (non-hydrogen) atoms. The number of hydrogen-bond acceptors (Lipinski definition) is 4. The van der Waals surface area contributed by atoms with Crippen LogP contribution in [0.1, 0.15) is 42.4 Å². The van der Waals surface area contributed by atoms with Crippen LogP contribution in [0.5, 0.6) is 0 Å². The minimum absolute atomic E-state index is 0.0177. The second-order valence-corrected chi connectivity index (χ2v) is 5.24. The van der Waals surface area contributed by atoms with Crippen LogP contribution in [0, 0.1) is 0 Å². The van der Waals surface area contributed by atoms with Crippen LogP contribution in [-0.4, -0.2) is 35.3 Å². The predicted molar refractivity (Wildman–Crippen MR) is 83.9 cm³/mol. The summed E-state index contributed by atoms with van der Waals surface area (Å²) in [6.45, 7) is 4.30. The van der Waals surface area contributed by atoms with Gasteiger partial charge in [0.15, 0.2) is 0 Å². The fraction of sp³-hybridized carbons (Fsp3) is 0.412. The molecule has 0 bridgehead atoms. The van der Waals surface area contributed by atoms with E-state index >= 15 is 0 Å². The highest BCUT2D eigenvalue weighted by Crippen LogP contribution is 2.19. The van der Waals surface area contributed by atoms with E-state index in [0.717, 1.165) is 5.56 Å². The van der Waals surface area contributed by atoms with Crippen molar-refractivity contribution in [1.82, 2.24) is 9.55 Å². The van der Waals surface area contributed by atoms with Crippen molar-refractivity contribution in [2.45, 2.75) is 32.4 Å². The van der Waals surface area contributed by atoms with Crippen LogP contribution in [0.3, 0.4) is 0 Å². The number of carbonyl (C=O) groups is 1. The fourth-order valence-electron chi connectivity index (χ4n) is 2.17. The molecular weight excluding hydrogens is 280 g/mol. The van der Waals surface area contributed by atoms with Crippen molar-refractivity contribution >= 4 is 5.97 Å². The van der Waals surface area contributed by atoms with Crippen molar-refractivity contribution in [1.29, 1.82) is 0 Å². The topological polar surface area (TPSA) is 53.4 Å². The van der Waals surface area contributed by atoms with Crippen LogP contribution in [0.15, 0.2) is 42.9 Å². The summed E-state index contributed by atoms with van der Waals surface area (Å²) < 4.78 is 12.3. The Balaban J connectivity index is 2.04. The van der Waals surface area contributed by atoms with Crippen molar-refractivity contribution in [2.75, 3.05) is 13.7 Å². The Morgan fingerprint density at radius 3 is 2.68 bits per heavy atom. The molecule has 0 radical (unpaired) electrons. The molecule has 0 aliphatic heterocycles. The molecule has 5 nitrogen and oxygen atoms in total. The molecule has 0 saturated carbocycles. The molecule has 0 N–H and O–H groups in total. The van der Waals surface area contributed by atoms with Crippen LogP contribution in [-0.2, 0) is 9.47 Å². The van der Waals surface area contributed by atoms with Crippen molar-refractivity contribution in [2.24, 2.45) is 0 Å². The van der Waals surface area contributed by atoms with E-state index in [1.54, 1.807) is 19.6 Å². The zero-order valence-corrected chi connectivity index (χ0v) is 13.2. The number of esters is 1. The molecule has 1 heterocycles. The van der Waals surface area contributed by atoms with E-state index in [4.69, 9.17) is 9.47 Å². The first-order valence-corrected chi connectivity index (χ1v) is 7.40. The highest BCUT2D eigenvalue weighted by Gasteiger charge is 2.18. The van der Waals surface area contributed by atoms with Crippen LogP contribution in [0.4, 0.5) is 0 Å². The summed E-state index contributed by atoms with van der Waals surface area (Å²) in [5.74, 6) is -0.358. The third kappa shape index (κ3) is 3.95. The fourth-order valence-corrected chi connectivity index (χ4v) is 2.17. The summed E-state index contributed by atoms with van der Waals surface area (Å²) in [6.07, 6.45) is 3.94. The van der Waals surface area contributed by atoms with Gasteiger partial charge in [-0.25, -0.2) is 9.78 Å². The van der Waals surface area contributed by atoms with E-state index < -0.39 is 0 Å². The summed E-state index contributed by atoms with van der Waals surface area (Å²) in [6, 6.07) is 10.0. The average Bonchev–Trinajstić information content (AvgIpc) is 3.04. The maximum absolute atomic E-state index is 12.2. The molecule has 0 spiro atoms. The quantitative estimate of drug-likeness (QED) is 0.738. The van der Waals surface area contributed by atoms with Gasteiger partial charge in [0.25, 0.3) is 0 Å². The Kier molecular flexibility index (Phi) is 5.72. The van der Waals surface area contributed by atoms with E-state index in [1.807, 2.05) is 48.7 Å². The number of rotatable bonds is 7. The van der Waals surface area contributed by atoms with Gasteiger partial charge in [0.2, 0.25) is 0 Å². The molecule has 2 unspecified atom stereocenters. The third-order valence-electron chi connectivity index (χ3n) is 3.73. The van der Waals surface area contributed by atoms with Gasteiger partial charge in [-0.05, 0) is 19.4 Å². The number of hydrogen-bond donors (Lipinski definition) is 0. The number of methoxy groups -OCH3 is 1. The van der Waals surface area contributed by atoms with Crippen LogP contribution in [0.25, 0.3) is 0 Å². The van der Waals surface area contributed by atoms with E-state index in [1.165, 1.54) is 0 Å². The normalized spacial score (nSPS) is 13.6. The Hall–Kier alpha value is -2.14. The zero-order valence-electron chi connectivity index (χ0n) is 13.2. The van der Waals surface area contributed by atoms with Crippen LogP contribution >= 0.6 is 0 Å². The molecule has 0 fully saturated rings. The minimum atomic E-state index is -0.358. The van der Waals surface area contributed by atoms with E-state index in [-0.39, 0.29) is 18.1 Å². The van der Waals surface area contributed by atoms with Crippen molar-refractivity contribution < 1.29 is 14.3 Å². The van der Waals surface area contributed by atoms with Gasteiger partial charge in [0.05, 0.1) is 31.3 Å². The Morgan fingerprint density at radius 2 is 2.00 bits per heavy atom.